The Labute approximate surface area is 106 Å². The molecule has 0 amide bonds. The lowest BCUT2D eigenvalue weighted by Crippen LogP contribution is -2.30. The zero-order chi connectivity index (χ0) is 12.4. The smallest absolute Gasteiger partial charge is 0.150 e. The Balaban J connectivity index is 2.18. The molecule has 1 aromatic carbocycles. The second-order valence-corrected chi connectivity index (χ2v) is 4.75. The van der Waals surface area contributed by atoms with Crippen molar-refractivity contribution in [3.05, 3.63) is 36.0 Å². The van der Waals surface area contributed by atoms with Crippen LogP contribution in [0.5, 0.6) is 0 Å². The van der Waals surface area contributed by atoms with Gasteiger partial charge in [-0.15, -0.1) is 0 Å². The van der Waals surface area contributed by atoms with E-state index >= 15 is 0 Å². The third-order valence-electron chi connectivity index (χ3n) is 3.59. The molecule has 1 aliphatic rings. The summed E-state index contributed by atoms with van der Waals surface area (Å²) in [6.45, 7) is 2.08. The van der Waals surface area contributed by atoms with Crippen LogP contribution in [0.15, 0.2) is 30.5 Å². The molecular weight excluding hydrogens is 224 g/mol. The number of piperidine rings is 1. The normalized spacial score (nSPS) is 15.9. The number of nitrogens with zero attached hydrogens (tertiary/aromatic N) is 2. The first kappa shape index (κ1) is 11.2. The summed E-state index contributed by atoms with van der Waals surface area (Å²) in [5, 5.41) is 2.09. The average molecular weight is 240 g/mol. The summed E-state index contributed by atoms with van der Waals surface area (Å²) >= 11 is 0. The highest BCUT2D eigenvalue weighted by Crippen LogP contribution is 2.28. The van der Waals surface area contributed by atoms with Gasteiger partial charge in [0, 0.05) is 30.2 Å². The molecule has 92 valence electrons. The monoisotopic (exact) mass is 240 g/mol. The predicted molar refractivity (Wildman–Crippen MR) is 73.2 cm³/mol. The van der Waals surface area contributed by atoms with Crippen molar-refractivity contribution < 1.29 is 4.79 Å². The van der Waals surface area contributed by atoms with Gasteiger partial charge in [0.2, 0.25) is 0 Å². The maximum atomic E-state index is 11.2. The van der Waals surface area contributed by atoms with Crippen LogP contribution < -0.4 is 4.90 Å². The lowest BCUT2D eigenvalue weighted by atomic mass is 10.0. The van der Waals surface area contributed by atoms with Crippen LogP contribution in [0.4, 0.5) is 5.82 Å². The second kappa shape index (κ2) is 4.77. The maximum absolute atomic E-state index is 11.2. The van der Waals surface area contributed by atoms with E-state index in [4.69, 9.17) is 0 Å². The number of benzene rings is 1. The molecule has 3 heteroatoms. The lowest BCUT2D eigenvalue weighted by Gasteiger charge is -2.28. The minimum absolute atomic E-state index is 0.737. The van der Waals surface area contributed by atoms with Crippen molar-refractivity contribution in [2.24, 2.45) is 0 Å². The summed E-state index contributed by atoms with van der Waals surface area (Å²) in [6, 6.07) is 7.80. The number of aldehydes is 1. The summed E-state index contributed by atoms with van der Waals surface area (Å²) in [7, 11) is 0. The molecule has 3 nitrogen and oxygen atoms in total. The molecule has 1 saturated heterocycles. The van der Waals surface area contributed by atoms with Crippen LogP contribution in [0.25, 0.3) is 10.8 Å². The van der Waals surface area contributed by atoms with Crippen LogP contribution >= 0.6 is 0 Å². The molecule has 0 saturated carbocycles. The summed E-state index contributed by atoms with van der Waals surface area (Å²) in [5.74, 6) is 0.968. The van der Waals surface area contributed by atoms with Crippen LogP contribution in [-0.4, -0.2) is 24.4 Å². The Kier molecular flexibility index (Phi) is 2.97. The molecule has 0 atom stereocenters. The number of carbonyl (C=O) groups is 1. The van der Waals surface area contributed by atoms with E-state index in [1.165, 1.54) is 19.3 Å². The first-order valence-corrected chi connectivity index (χ1v) is 6.48. The van der Waals surface area contributed by atoms with Gasteiger partial charge in [-0.25, -0.2) is 4.98 Å². The van der Waals surface area contributed by atoms with Gasteiger partial charge in [0.15, 0.2) is 6.29 Å². The van der Waals surface area contributed by atoms with Crippen molar-refractivity contribution >= 4 is 22.9 Å². The van der Waals surface area contributed by atoms with Gasteiger partial charge in [0.05, 0.1) is 0 Å². The minimum atomic E-state index is 0.737. The summed E-state index contributed by atoms with van der Waals surface area (Å²) < 4.78 is 0. The van der Waals surface area contributed by atoms with E-state index in [-0.39, 0.29) is 0 Å². The second-order valence-electron chi connectivity index (χ2n) is 4.75. The van der Waals surface area contributed by atoms with Crippen LogP contribution in [0.3, 0.4) is 0 Å². The fourth-order valence-electron chi connectivity index (χ4n) is 2.68. The van der Waals surface area contributed by atoms with E-state index in [1.807, 2.05) is 30.5 Å². The van der Waals surface area contributed by atoms with Crippen molar-refractivity contribution in [1.29, 1.82) is 0 Å². The molecule has 18 heavy (non-hydrogen) atoms. The molecule has 0 spiro atoms. The van der Waals surface area contributed by atoms with E-state index < -0.39 is 0 Å². The van der Waals surface area contributed by atoms with E-state index in [0.717, 1.165) is 41.5 Å². The highest BCUT2D eigenvalue weighted by atomic mass is 16.1. The van der Waals surface area contributed by atoms with Gasteiger partial charge in [-0.2, -0.15) is 0 Å². The Morgan fingerprint density at radius 3 is 2.72 bits per heavy atom. The first-order chi connectivity index (χ1) is 8.90. The quantitative estimate of drug-likeness (QED) is 0.756. The zero-order valence-corrected chi connectivity index (χ0v) is 10.3. The SMILES string of the molecule is O=Cc1cccc2ccnc(N3CCCCC3)c12. The summed E-state index contributed by atoms with van der Waals surface area (Å²) in [4.78, 5) is 18.0. The molecule has 2 heterocycles. The molecule has 0 N–H and O–H groups in total. The molecule has 0 unspecified atom stereocenters. The Hall–Kier alpha value is -1.90. The highest BCUT2D eigenvalue weighted by Gasteiger charge is 2.16. The molecule has 3 rings (SSSR count). The number of hydrogen-bond donors (Lipinski definition) is 0. The standard InChI is InChI=1S/C15H16N2O/c18-11-13-6-4-5-12-7-8-16-15(14(12)13)17-9-2-1-3-10-17/h4-8,11H,1-3,9-10H2. The van der Waals surface area contributed by atoms with Gasteiger partial charge >= 0.3 is 0 Å². The number of pyridine rings is 1. The third-order valence-corrected chi connectivity index (χ3v) is 3.59. The number of fused-ring (bicyclic) bond motifs is 1. The van der Waals surface area contributed by atoms with E-state index in [2.05, 4.69) is 9.88 Å². The topological polar surface area (TPSA) is 33.2 Å². The van der Waals surface area contributed by atoms with Crippen molar-refractivity contribution in [3.63, 3.8) is 0 Å². The van der Waals surface area contributed by atoms with Gasteiger partial charge in [-0.1, -0.05) is 18.2 Å². The van der Waals surface area contributed by atoms with E-state index in [0.29, 0.717) is 0 Å². The van der Waals surface area contributed by atoms with Crippen molar-refractivity contribution in [2.45, 2.75) is 19.3 Å². The fourth-order valence-corrected chi connectivity index (χ4v) is 2.68. The average Bonchev–Trinajstić information content (AvgIpc) is 2.47. The molecule has 2 aromatic rings. The minimum Gasteiger partial charge on any atom is -0.356 e. The Bertz CT molecular complexity index is 568. The van der Waals surface area contributed by atoms with Crippen molar-refractivity contribution in [3.8, 4) is 0 Å². The van der Waals surface area contributed by atoms with Gasteiger partial charge < -0.3 is 4.90 Å². The van der Waals surface area contributed by atoms with Crippen molar-refractivity contribution in [2.75, 3.05) is 18.0 Å². The molecule has 0 bridgehead atoms. The lowest BCUT2D eigenvalue weighted by molar-refractivity contribution is 0.112. The fraction of sp³-hybridized carbons (Fsp3) is 0.333. The number of anilines is 1. The molecule has 1 aliphatic heterocycles. The number of rotatable bonds is 2. The van der Waals surface area contributed by atoms with Gasteiger partial charge in [0.25, 0.3) is 0 Å². The zero-order valence-electron chi connectivity index (χ0n) is 10.3. The van der Waals surface area contributed by atoms with E-state index in [1.54, 1.807) is 0 Å². The number of hydrogen-bond acceptors (Lipinski definition) is 3. The Morgan fingerprint density at radius 2 is 1.94 bits per heavy atom. The molecule has 1 aromatic heterocycles. The third kappa shape index (κ3) is 1.86. The van der Waals surface area contributed by atoms with Gasteiger partial charge in [-0.3, -0.25) is 4.79 Å². The summed E-state index contributed by atoms with van der Waals surface area (Å²) in [5.41, 5.74) is 0.737. The molecular formula is C15H16N2O. The molecule has 1 fully saturated rings. The largest absolute Gasteiger partial charge is 0.356 e. The molecule has 0 aliphatic carbocycles. The summed E-state index contributed by atoms with van der Waals surface area (Å²) in [6.07, 6.45) is 6.47. The van der Waals surface area contributed by atoms with Crippen LogP contribution in [0, 0.1) is 0 Å². The van der Waals surface area contributed by atoms with E-state index in [9.17, 15) is 4.79 Å². The van der Waals surface area contributed by atoms with Crippen LogP contribution in [0.2, 0.25) is 0 Å². The Morgan fingerprint density at radius 1 is 1.11 bits per heavy atom. The van der Waals surface area contributed by atoms with Crippen LogP contribution in [-0.2, 0) is 0 Å². The maximum Gasteiger partial charge on any atom is 0.150 e. The predicted octanol–water partition coefficient (Wildman–Crippen LogP) is 3.04. The van der Waals surface area contributed by atoms with Gasteiger partial charge in [0.1, 0.15) is 5.82 Å². The highest BCUT2D eigenvalue weighted by molar-refractivity contribution is 6.04. The first-order valence-electron chi connectivity index (χ1n) is 6.48. The molecule has 0 radical (unpaired) electrons. The number of carbonyl (C=O) groups excluding carboxylic acids is 1. The van der Waals surface area contributed by atoms with Crippen molar-refractivity contribution in [1.82, 2.24) is 4.98 Å². The number of aromatic nitrogens is 1. The van der Waals surface area contributed by atoms with Gasteiger partial charge in [-0.05, 0) is 30.7 Å². The van der Waals surface area contributed by atoms with Crippen LogP contribution in [0.1, 0.15) is 29.6 Å².